The zero-order valence-electron chi connectivity index (χ0n) is 16.0. The second-order valence-electron chi connectivity index (χ2n) is 6.77. The number of halogens is 6. The fourth-order valence-electron chi connectivity index (χ4n) is 2.81. The van der Waals surface area contributed by atoms with Crippen LogP contribution in [-0.4, -0.2) is 46.1 Å². The van der Waals surface area contributed by atoms with E-state index in [4.69, 9.17) is 16.3 Å². The number of alkyl halides is 3. The number of nitrogens with zero attached hydrogens (tertiary/aromatic N) is 1. The van der Waals surface area contributed by atoms with Crippen LogP contribution < -0.4 is 19.1 Å². The van der Waals surface area contributed by atoms with Gasteiger partial charge in [0.25, 0.3) is 5.91 Å². The number of rotatable bonds is 6. The number of carbonyl (C=O) groups is 1. The molecule has 0 atom stereocenters. The molecule has 3 rings (SSSR count). The van der Waals surface area contributed by atoms with Gasteiger partial charge in [-0.2, -0.15) is 0 Å². The molecule has 0 radical (unpaired) electrons. The van der Waals surface area contributed by atoms with Gasteiger partial charge in [0.05, 0.1) is 34.4 Å². The summed E-state index contributed by atoms with van der Waals surface area (Å²) in [6.07, 6.45) is -4.47. The summed E-state index contributed by atoms with van der Waals surface area (Å²) in [6, 6.07) is 5.88. The van der Waals surface area contributed by atoms with E-state index in [0.29, 0.717) is 18.8 Å². The highest BCUT2D eigenvalue weighted by atomic mass is 79.9. The Labute approximate surface area is 193 Å². The number of carbonyl (C=O) groups excluding carboxylic acids is 1. The molecule has 174 valence electrons. The topological polar surface area (TPSA) is 84.9 Å². The first-order valence-corrected chi connectivity index (χ1v) is 11.8. The number of ether oxygens (including phenoxy) is 2. The second-order valence-corrected chi connectivity index (χ2v) is 9.78. The van der Waals surface area contributed by atoms with Crippen molar-refractivity contribution in [3.63, 3.8) is 0 Å². The summed E-state index contributed by atoms with van der Waals surface area (Å²) >= 11 is 9.00. The number of nitrogens with one attached hydrogen (secondary N) is 1. The number of amides is 1. The molecule has 1 N–H and O–H groups in total. The molecule has 1 aliphatic heterocycles. The number of benzene rings is 2. The van der Waals surface area contributed by atoms with Crippen LogP contribution in [0, 0.1) is 5.82 Å². The minimum Gasteiger partial charge on any atom is -0.485 e. The molecule has 0 bridgehead atoms. The molecule has 0 spiro atoms. The standard InChI is InChI=1S/C18H14BrClF4N2O5S/c1-32(28,29)25-17(27)11-5-12(19)16(6-14(11)21)30-10-7-26(8-10)9-2-3-15(13(20)4-9)31-18(22,23)24/h2-6,10H,7-8H2,1H3,(H,25,27). The lowest BCUT2D eigenvalue weighted by molar-refractivity contribution is -0.274. The first-order valence-electron chi connectivity index (χ1n) is 8.70. The van der Waals surface area contributed by atoms with Crippen molar-refractivity contribution >= 4 is 49.1 Å². The van der Waals surface area contributed by atoms with E-state index < -0.39 is 39.4 Å². The van der Waals surface area contributed by atoms with Crippen LogP contribution in [0.25, 0.3) is 0 Å². The molecular formula is C18H14BrClF4N2O5S. The van der Waals surface area contributed by atoms with Crippen molar-refractivity contribution < 1.29 is 40.2 Å². The van der Waals surface area contributed by atoms with Gasteiger partial charge in [-0.05, 0) is 40.2 Å². The van der Waals surface area contributed by atoms with Crippen molar-refractivity contribution in [3.8, 4) is 11.5 Å². The van der Waals surface area contributed by atoms with E-state index in [1.807, 2.05) is 0 Å². The zero-order chi connectivity index (χ0) is 23.8. The monoisotopic (exact) mass is 560 g/mol. The molecule has 0 aromatic heterocycles. The maximum atomic E-state index is 14.3. The van der Waals surface area contributed by atoms with Gasteiger partial charge in [0, 0.05) is 11.8 Å². The van der Waals surface area contributed by atoms with Crippen LogP contribution in [0.3, 0.4) is 0 Å². The molecular weight excluding hydrogens is 548 g/mol. The van der Waals surface area contributed by atoms with Crippen molar-refractivity contribution in [2.24, 2.45) is 0 Å². The Morgan fingerprint density at radius 2 is 1.88 bits per heavy atom. The van der Waals surface area contributed by atoms with E-state index in [1.165, 1.54) is 12.1 Å². The Balaban J connectivity index is 1.63. The van der Waals surface area contributed by atoms with Gasteiger partial charge in [-0.15, -0.1) is 13.2 Å². The predicted octanol–water partition coefficient (Wildman–Crippen LogP) is 4.10. The largest absolute Gasteiger partial charge is 0.573 e. The van der Waals surface area contributed by atoms with Crippen LogP contribution in [0.4, 0.5) is 23.2 Å². The molecule has 1 amide bonds. The van der Waals surface area contributed by atoms with Crippen molar-refractivity contribution in [2.75, 3.05) is 24.2 Å². The predicted molar refractivity (Wildman–Crippen MR) is 111 cm³/mol. The average Bonchev–Trinajstić information content (AvgIpc) is 2.59. The molecule has 1 aliphatic rings. The van der Waals surface area contributed by atoms with Gasteiger partial charge in [0.2, 0.25) is 10.0 Å². The van der Waals surface area contributed by atoms with Gasteiger partial charge in [0.1, 0.15) is 23.4 Å². The van der Waals surface area contributed by atoms with E-state index in [2.05, 4.69) is 20.7 Å². The van der Waals surface area contributed by atoms with E-state index in [9.17, 15) is 30.8 Å². The highest BCUT2D eigenvalue weighted by molar-refractivity contribution is 9.10. The summed E-state index contributed by atoms with van der Waals surface area (Å²) in [5, 5.41) is -0.211. The first kappa shape index (κ1) is 24.4. The van der Waals surface area contributed by atoms with Crippen LogP contribution in [0.1, 0.15) is 10.4 Å². The number of anilines is 1. The molecule has 0 aliphatic carbocycles. The summed E-state index contributed by atoms with van der Waals surface area (Å²) in [4.78, 5) is 13.7. The molecule has 32 heavy (non-hydrogen) atoms. The average molecular weight is 562 g/mol. The molecule has 0 saturated carbocycles. The van der Waals surface area contributed by atoms with Crippen LogP contribution in [0.2, 0.25) is 5.02 Å². The van der Waals surface area contributed by atoms with Crippen molar-refractivity contribution in [1.29, 1.82) is 0 Å². The van der Waals surface area contributed by atoms with Crippen molar-refractivity contribution in [1.82, 2.24) is 4.72 Å². The van der Waals surface area contributed by atoms with Crippen LogP contribution in [0.15, 0.2) is 34.8 Å². The Kier molecular flexibility index (Phi) is 6.82. The molecule has 7 nitrogen and oxygen atoms in total. The van der Waals surface area contributed by atoms with E-state index in [1.54, 1.807) is 9.62 Å². The Morgan fingerprint density at radius 3 is 2.44 bits per heavy atom. The zero-order valence-corrected chi connectivity index (χ0v) is 19.2. The smallest absolute Gasteiger partial charge is 0.485 e. The highest BCUT2D eigenvalue weighted by Gasteiger charge is 2.33. The second kappa shape index (κ2) is 8.94. The third-order valence-electron chi connectivity index (χ3n) is 4.19. The van der Waals surface area contributed by atoms with E-state index in [-0.39, 0.29) is 21.3 Å². The fraction of sp³-hybridized carbons (Fsp3) is 0.278. The molecule has 0 unspecified atom stereocenters. The maximum absolute atomic E-state index is 14.3. The number of sulfonamides is 1. The van der Waals surface area contributed by atoms with Crippen LogP contribution >= 0.6 is 27.5 Å². The quantitative estimate of drug-likeness (QED) is 0.535. The summed E-state index contributed by atoms with van der Waals surface area (Å²) in [5.41, 5.74) is 0.0584. The normalized spacial score (nSPS) is 14.7. The summed E-state index contributed by atoms with van der Waals surface area (Å²) < 4.78 is 85.0. The van der Waals surface area contributed by atoms with Gasteiger partial charge < -0.3 is 14.4 Å². The first-order chi connectivity index (χ1) is 14.7. The van der Waals surface area contributed by atoms with E-state index in [0.717, 1.165) is 24.5 Å². The number of hydrogen-bond acceptors (Lipinski definition) is 6. The van der Waals surface area contributed by atoms with Gasteiger partial charge in [0.15, 0.2) is 0 Å². The lowest BCUT2D eigenvalue weighted by Gasteiger charge is -2.41. The highest BCUT2D eigenvalue weighted by Crippen LogP contribution is 2.36. The van der Waals surface area contributed by atoms with Gasteiger partial charge in [-0.3, -0.25) is 4.79 Å². The maximum Gasteiger partial charge on any atom is 0.573 e. The Morgan fingerprint density at radius 1 is 1.22 bits per heavy atom. The lowest BCUT2D eigenvalue weighted by Crippen LogP contribution is -2.54. The summed E-state index contributed by atoms with van der Waals surface area (Å²) in [6.45, 7) is 0.667. The number of hydrogen-bond donors (Lipinski definition) is 1. The minimum absolute atomic E-state index is 0.0926. The Hall–Kier alpha value is -2.25. The minimum atomic E-state index is -4.86. The van der Waals surface area contributed by atoms with Crippen molar-refractivity contribution in [2.45, 2.75) is 12.5 Å². The SMILES string of the molecule is CS(=O)(=O)NC(=O)c1cc(Br)c(OC2CN(c3ccc(OC(F)(F)F)c(Cl)c3)C2)cc1F. The molecule has 1 saturated heterocycles. The third kappa shape index (κ3) is 6.17. The van der Waals surface area contributed by atoms with Gasteiger partial charge in [-0.25, -0.2) is 17.5 Å². The van der Waals surface area contributed by atoms with Crippen LogP contribution in [0.5, 0.6) is 11.5 Å². The fourth-order valence-corrected chi connectivity index (χ4v) is 3.91. The third-order valence-corrected chi connectivity index (χ3v) is 5.66. The lowest BCUT2D eigenvalue weighted by atomic mass is 10.1. The molecule has 2 aromatic rings. The Bertz CT molecular complexity index is 1160. The van der Waals surface area contributed by atoms with Gasteiger partial charge in [-0.1, -0.05) is 11.6 Å². The summed E-state index contributed by atoms with van der Waals surface area (Å²) in [5.74, 6) is -2.53. The summed E-state index contributed by atoms with van der Waals surface area (Å²) in [7, 11) is -3.86. The van der Waals surface area contributed by atoms with E-state index >= 15 is 0 Å². The molecule has 1 heterocycles. The molecule has 1 fully saturated rings. The molecule has 14 heteroatoms. The van der Waals surface area contributed by atoms with Gasteiger partial charge >= 0.3 is 6.36 Å². The van der Waals surface area contributed by atoms with Crippen LogP contribution in [-0.2, 0) is 10.0 Å². The van der Waals surface area contributed by atoms with Crippen molar-refractivity contribution in [3.05, 3.63) is 51.2 Å². The molecule has 2 aromatic carbocycles.